The van der Waals surface area contributed by atoms with Crippen molar-refractivity contribution in [1.29, 1.82) is 0 Å². The van der Waals surface area contributed by atoms with E-state index in [1.54, 1.807) is 0 Å². The van der Waals surface area contributed by atoms with Gasteiger partial charge in [0.1, 0.15) is 17.8 Å². The van der Waals surface area contributed by atoms with E-state index in [1.165, 1.54) is 0 Å². The van der Waals surface area contributed by atoms with Crippen LogP contribution in [0.15, 0.2) is 0 Å². The first-order valence-electron chi connectivity index (χ1n) is 11.2. The molecule has 10 heteroatoms. The molecule has 32 heavy (non-hydrogen) atoms. The van der Waals surface area contributed by atoms with Crippen LogP contribution in [0.1, 0.15) is 58.8 Å². The number of esters is 4. The second-order valence-corrected chi connectivity index (χ2v) is 9.45. The highest BCUT2D eigenvalue weighted by atomic mass is 19.3. The minimum Gasteiger partial charge on any atom is -0.458 e. The van der Waals surface area contributed by atoms with Gasteiger partial charge in [-0.1, -0.05) is 13.3 Å². The third kappa shape index (κ3) is 3.96. The number of alkyl halides is 2. The summed E-state index contributed by atoms with van der Waals surface area (Å²) in [6.45, 7) is 1.76. The van der Waals surface area contributed by atoms with Crippen LogP contribution < -0.4 is 0 Å². The standard InChI is InChI=1S/C22H28F2O8/c1-3-22(7-5-4-6-8-22)32-13(25)10-29-18(26)14-11-9-12-15(14)19(27)30-16(12)17(11)31-20(28)21(2,23)24/h11-12,14-17H,3-10H2,1-2H3. The minimum atomic E-state index is -3.71. The van der Waals surface area contributed by atoms with E-state index in [0.29, 0.717) is 19.8 Å². The van der Waals surface area contributed by atoms with Crippen LogP contribution in [0.4, 0.5) is 8.78 Å². The monoisotopic (exact) mass is 458 g/mol. The summed E-state index contributed by atoms with van der Waals surface area (Å²) in [6, 6.07) is 0. The largest absolute Gasteiger partial charge is 0.458 e. The van der Waals surface area contributed by atoms with Crippen LogP contribution >= 0.6 is 0 Å². The highest BCUT2D eigenvalue weighted by Gasteiger charge is 2.70. The summed E-state index contributed by atoms with van der Waals surface area (Å²) in [5, 5.41) is 0. The molecule has 4 fully saturated rings. The smallest absolute Gasteiger partial charge is 0.377 e. The lowest BCUT2D eigenvalue weighted by Crippen LogP contribution is -2.46. The average Bonchev–Trinajstić information content (AvgIpc) is 3.35. The first kappa shape index (κ1) is 22.9. The van der Waals surface area contributed by atoms with Crippen molar-refractivity contribution in [2.45, 2.75) is 82.5 Å². The summed E-state index contributed by atoms with van der Waals surface area (Å²) < 4.78 is 47.7. The zero-order chi connectivity index (χ0) is 23.3. The Kier molecular flexibility index (Phi) is 5.92. The summed E-state index contributed by atoms with van der Waals surface area (Å²) in [6.07, 6.45) is 3.56. The number of fused-ring (bicyclic) bond motifs is 1. The van der Waals surface area contributed by atoms with Gasteiger partial charge in [-0.3, -0.25) is 9.59 Å². The maximum atomic E-state index is 13.3. The van der Waals surface area contributed by atoms with E-state index in [0.717, 1.165) is 32.1 Å². The minimum absolute atomic E-state index is 0.317. The Hall–Kier alpha value is -2.26. The summed E-state index contributed by atoms with van der Waals surface area (Å²) in [7, 11) is 0. The number of carbonyl (C=O) groups excluding carboxylic acids is 4. The van der Waals surface area contributed by atoms with Crippen molar-refractivity contribution < 1.29 is 46.9 Å². The van der Waals surface area contributed by atoms with E-state index in [-0.39, 0.29) is 0 Å². The fraction of sp³-hybridized carbons (Fsp3) is 0.818. The molecule has 3 saturated carbocycles. The quantitative estimate of drug-likeness (QED) is 0.423. The van der Waals surface area contributed by atoms with Gasteiger partial charge in [-0.2, -0.15) is 8.78 Å². The molecular formula is C22H28F2O8. The Bertz CT molecular complexity index is 800. The SMILES string of the molecule is CCC1(OC(=O)COC(=O)C2C3CC4C(OC(=O)C42)C3OC(=O)C(C)(F)F)CCCCC1. The number of hydrogen-bond acceptors (Lipinski definition) is 8. The normalized spacial score (nSPS) is 34.7. The molecule has 1 saturated heterocycles. The fourth-order valence-electron chi connectivity index (χ4n) is 5.92. The molecule has 0 N–H and O–H groups in total. The molecule has 0 aromatic heterocycles. The van der Waals surface area contributed by atoms with E-state index in [4.69, 9.17) is 18.9 Å². The van der Waals surface area contributed by atoms with Gasteiger partial charge in [0.2, 0.25) is 0 Å². The highest BCUT2D eigenvalue weighted by Crippen LogP contribution is 2.59. The molecule has 6 atom stereocenters. The fourth-order valence-corrected chi connectivity index (χ4v) is 5.92. The van der Waals surface area contributed by atoms with Gasteiger partial charge in [0.05, 0.1) is 11.8 Å². The predicted octanol–water partition coefficient (Wildman–Crippen LogP) is 2.56. The Labute approximate surface area is 184 Å². The number of carbonyl (C=O) groups is 4. The number of hydrogen-bond donors (Lipinski definition) is 0. The number of halogens is 2. The summed E-state index contributed by atoms with van der Waals surface area (Å²) in [5.41, 5.74) is -0.540. The molecule has 0 spiro atoms. The molecule has 6 unspecified atom stereocenters. The maximum absolute atomic E-state index is 13.3. The van der Waals surface area contributed by atoms with E-state index >= 15 is 0 Å². The molecule has 0 amide bonds. The topological polar surface area (TPSA) is 105 Å². The van der Waals surface area contributed by atoms with Crippen LogP contribution in [0.3, 0.4) is 0 Å². The average molecular weight is 458 g/mol. The van der Waals surface area contributed by atoms with Crippen molar-refractivity contribution in [3.8, 4) is 0 Å². The summed E-state index contributed by atoms with van der Waals surface area (Å²) in [5.74, 6) is -10.5. The Balaban J connectivity index is 1.39. The third-order valence-electron chi connectivity index (χ3n) is 7.49. The lowest BCUT2D eigenvalue weighted by molar-refractivity contribution is -0.186. The summed E-state index contributed by atoms with van der Waals surface area (Å²) in [4.78, 5) is 49.2. The van der Waals surface area contributed by atoms with Crippen molar-refractivity contribution in [3.05, 3.63) is 0 Å². The molecule has 3 aliphatic carbocycles. The second kappa shape index (κ2) is 8.26. The van der Waals surface area contributed by atoms with Gasteiger partial charge in [-0.05, 0) is 38.5 Å². The molecule has 178 valence electrons. The van der Waals surface area contributed by atoms with Gasteiger partial charge >= 0.3 is 29.8 Å². The van der Waals surface area contributed by atoms with Crippen molar-refractivity contribution in [2.75, 3.05) is 6.61 Å². The number of ether oxygens (including phenoxy) is 4. The lowest BCUT2D eigenvalue weighted by atomic mass is 9.78. The van der Waals surface area contributed by atoms with Gasteiger partial charge < -0.3 is 18.9 Å². The lowest BCUT2D eigenvalue weighted by Gasteiger charge is -2.36. The van der Waals surface area contributed by atoms with Gasteiger partial charge in [-0.15, -0.1) is 0 Å². The van der Waals surface area contributed by atoms with E-state index < -0.39 is 77.9 Å². The summed E-state index contributed by atoms with van der Waals surface area (Å²) >= 11 is 0. The van der Waals surface area contributed by atoms with Gasteiger partial charge in [-0.25, -0.2) is 9.59 Å². The first-order chi connectivity index (χ1) is 15.1. The molecule has 4 aliphatic rings. The van der Waals surface area contributed by atoms with Crippen LogP contribution in [0.2, 0.25) is 0 Å². The zero-order valence-corrected chi connectivity index (χ0v) is 18.1. The molecule has 0 radical (unpaired) electrons. The van der Waals surface area contributed by atoms with Crippen LogP contribution in [0.5, 0.6) is 0 Å². The van der Waals surface area contributed by atoms with E-state index in [9.17, 15) is 28.0 Å². The van der Waals surface area contributed by atoms with Crippen molar-refractivity contribution >= 4 is 23.9 Å². The maximum Gasteiger partial charge on any atom is 0.377 e. The van der Waals surface area contributed by atoms with E-state index in [2.05, 4.69) is 0 Å². The molecule has 8 nitrogen and oxygen atoms in total. The van der Waals surface area contributed by atoms with Gasteiger partial charge in [0.15, 0.2) is 6.61 Å². The Morgan fingerprint density at radius 2 is 1.84 bits per heavy atom. The van der Waals surface area contributed by atoms with Gasteiger partial charge in [0, 0.05) is 18.8 Å². The molecule has 2 bridgehead atoms. The number of rotatable bonds is 7. The first-order valence-corrected chi connectivity index (χ1v) is 11.2. The predicted molar refractivity (Wildman–Crippen MR) is 102 cm³/mol. The Morgan fingerprint density at radius 1 is 1.16 bits per heavy atom. The van der Waals surface area contributed by atoms with Gasteiger partial charge in [0.25, 0.3) is 0 Å². The zero-order valence-electron chi connectivity index (χ0n) is 18.1. The van der Waals surface area contributed by atoms with Crippen LogP contribution in [-0.4, -0.2) is 54.2 Å². The Morgan fingerprint density at radius 3 is 2.47 bits per heavy atom. The highest BCUT2D eigenvalue weighted by molar-refractivity contribution is 5.87. The molecule has 0 aromatic rings. The van der Waals surface area contributed by atoms with Crippen LogP contribution in [0.25, 0.3) is 0 Å². The van der Waals surface area contributed by atoms with E-state index in [1.807, 2.05) is 6.92 Å². The van der Waals surface area contributed by atoms with Crippen molar-refractivity contribution in [2.24, 2.45) is 23.7 Å². The molecule has 1 aliphatic heterocycles. The molecule has 0 aromatic carbocycles. The van der Waals surface area contributed by atoms with Crippen molar-refractivity contribution in [1.82, 2.24) is 0 Å². The molecular weight excluding hydrogens is 430 g/mol. The van der Waals surface area contributed by atoms with Crippen LogP contribution in [0, 0.1) is 23.7 Å². The second-order valence-electron chi connectivity index (χ2n) is 9.45. The van der Waals surface area contributed by atoms with Crippen molar-refractivity contribution in [3.63, 3.8) is 0 Å². The van der Waals surface area contributed by atoms with Crippen LogP contribution in [-0.2, 0) is 38.1 Å². The third-order valence-corrected chi connectivity index (χ3v) is 7.49. The molecule has 4 rings (SSSR count). The molecule has 1 heterocycles.